The number of halogens is 1. The van der Waals surface area contributed by atoms with Crippen LogP contribution in [0, 0.1) is 13.8 Å². The average molecular weight is 410 g/mol. The predicted octanol–water partition coefficient (Wildman–Crippen LogP) is 6.46. The van der Waals surface area contributed by atoms with E-state index in [0.717, 1.165) is 46.2 Å². The van der Waals surface area contributed by atoms with E-state index in [0.29, 0.717) is 19.8 Å². The second kappa shape index (κ2) is 10.8. The van der Waals surface area contributed by atoms with Gasteiger partial charge in [-0.05, 0) is 67.6 Å². The van der Waals surface area contributed by atoms with E-state index >= 15 is 0 Å². The number of hydrogen-bond donors (Lipinski definition) is 1. The molecule has 0 bridgehead atoms. The number of rotatable bonds is 10. The van der Waals surface area contributed by atoms with Crippen molar-refractivity contribution in [1.29, 1.82) is 0 Å². The van der Waals surface area contributed by atoms with Crippen LogP contribution in [-0.2, 0) is 6.42 Å². The van der Waals surface area contributed by atoms with Gasteiger partial charge in [-0.25, -0.2) is 0 Å². The quantitative estimate of drug-likeness (QED) is 0.390. The van der Waals surface area contributed by atoms with Crippen molar-refractivity contribution in [2.45, 2.75) is 26.7 Å². The van der Waals surface area contributed by atoms with Crippen molar-refractivity contribution in [3.05, 3.63) is 88.4 Å². The first-order valence-corrected chi connectivity index (χ1v) is 10.4. The number of benzene rings is 3. The molecule has 3 aromatic carbocycles. The molecule has 0 atom stereocenters. The Morgan fingerprint density at radius 3 is 2.28 bits per heavy atom. The number of hydrogen-bond acceptors (Lipinski definition) is 3. The lowest BCUT2D eigenvalue weighted by Gasteiger charge is -2.12. The molecule has 0 unspecified atom stereocenters. The van der Waals surface area contributed by atoms with Crippen LogP contribution in [0.5, 0.6) is 11.5 Å². The molecule has 152 valence electrons. The van der Waals surface area contributed by atoms with Crippen LogP contribution in [-0.4, -0.2) is 19.8 Å². The van der Waals surface area contributed by atoms with Gasteiger partial charge in [-0.1, -0.05) is 48.0 Å². The number of anilines is 1. The Kier molecular flexibility index (Phi) is 7.83. The van der Waals surface area contributed by atoms with Crippen molar-refractivity contribution in [1.82, 2.24) is 0 Å². The zero-order valence-electron chi connectivity index (χ0n) is 17.1. The molecular formula is C25H28ClNO2. The van der Waals surface area contributed by atoms with Crippen molar-refractivity contribution in [2.24, 2.45) is 0 Å². The highest BCUT2D eigenvalue weighted by molar-refractivity contribution is 6.32. The third kappa shape index (κ3) is 6.72. The molecule has 0 saturated heterocycles. The van der Waals surface area contributed by atoms with E-state index in [-0.39, 0.29) is 0 Å². The van der Waals surface area contributed by atoms with Gasteiger partial charge in [0.1, 0.15) is 18.1 Å². The van der Waals surface area contributed by atoms with Crippen molar-refractivity contribution < 1.29 is 9.47 Å². The van der Waals surface area contributed by atoms with Crippen molar-refractivity contribution in [3.63, 3.8) is 0 Å². The lowest BCUT2D eigenvalue weighted by Crippen LogP contribution is -2.11. The van der Waals surface area contributed by atoms with E-state index in [9.17, 15) is 0 Å². The van der Waals surface area contributed by atoms with Crippen LogP contribution in [0.1, 0.15) is 23.1 Å². The summed E-state index contributed by atoms with van der Waals surface area (Å²) in [6.07, 6.45) is 2.02. The molecule has 0 spiro atoms. The lowest BCUT2D eigenvalue weighted by atomic mass is 10.1. The van der Waals surface area contributed by atoms with E-state index in [1.807, 2.05) is 56.3 Å². The van der Waals surface area contributed by atoms with Crippen LogP contribution in [0.25, 0.3) is 0 Å². The summed E-state index contributed by atoms with van der Waals surface area (Å²) in [5.74, 6) is 1.73. The van der Waals surface area contributed by atoms with Gasteiger partial charge >= 0.3 is 0 Å². The second-order valence-electron chi connectivity index (χ2n) is 7.11. The third-order valence-electron chi connectivity index (χ3n) is 4.67. The van der Waals surface area contributed by atoms with Gasteiger partial charge in [0.05, 0.1) is 6.61 Å². The second-order valence-corrected chi connectivity index (χ2v) is 7.49. The molecule has 0 amide bonds. The Labute approximate surface area is 178 Å². The molecule has 4 heteroatoms. The summed E-state index contributed by atoms with van der Waals surface area (Å²) in [4.78, 5) is 0. The maximum atomic E-state index is 6.20. The highest BCUT2D eigenvalue weighted by atomic mass is 35.5. The molecule has 0 fully saturated rings. The van der Waals surface area contributed by atoms with Gasteiger partial charge in [0, 0.05) is 23.3 Å². The monoisotopic (exact) mass is 409 g/mol. The van der Waals surface area contributed by atoms with Crippen LogP contribution < -0.4 is 14.8 Å². The van der Waals surface area contributed by atoms with Crippen LogP contribution in [0.4, 0.5) is 5.69 Å². The van der Waals surface area contributed by atoms with Crippen LogP contribution in [0.2, 0.25) is 5.02 Å². The first-order chi connectivity index (χ1) is 14.1. The molecule has 0 radical (unpaired) electrons. The first-order valence-electron chi connectivity index (χ1n) is 10.0. The van der Waals surface area contributed by atoms with Crippen LogP contribution in [0.15, 0.2) is 66.7 Å². The zero-order chi connectivity index (χ0) is 20.5. The molecule has 3 nitrogen and oxygen atoms in total. The van der Waals surface area contributed by atoms with Crippen molar-refractivity contribution in [3.8, 4) is 11.5 Å². The standard InChI is InChI=1S/C25H28ClNO2/c1-19-16-24(17-20(2)25(19)26)29-15-13-27-22-11-6-12-23(18-22)28-14-7-10-21-8-4-3-5-9-21/h3-6,8-9,11-12,16-18,27H,7,10,13-15H2,1-2H3. The van der Waals surface area contributed by atoms with E-state index in [4.69, 9.17) is 21.1 Å². The highest BCUT2D eigenvalue weighted by Crippen LogP contribution is 2.25. The summed E-state index contributed by atoms with van der Waals surface area (Å²) in [6.45, 7) is 5.97. The summed E-state index contributed by atoms with van der Waals surface area (Å²) in [7, 11) is 0. The minimum atomic E-state index is 0.572. The predicted molar refractivity (Wildman–Crippen MR) is 122 cm³/mol. The molecule has 0 aromatic heterocycles. The van der Waals surface area contributed by atoms with E-state index in [1.165, 1.54) is 5.56 Å². The normalized spacial score (nSPS) is 10.6. The summed E-state index contributed by atoms with van der Waals surface area (Å²) in [5, 5.41) is 4.18. The van der Waals surface area contributed by atoms with Gasteiger partial charge in [0.25, 0.3) is 0 Å². The van der Waals surface area contributed by atoms with Crippen LogP contribution >= 0.6 is 11.6 Å². The number of nitrogens with one attached hydrogen (secondary N) is 1. The smallest absolute Gasteiger partial charge is 0.121 e. The lowest BCUT2D eigenvalue weighted by molar-refractivity contribution is 0.311. The minimum Gasteiger partial charge on any atom is -0.494 e. The Morgan fingerprint density at radius 1 is 0.793 bits per heavy atom. The highest BCUT2D eigenvalue weighted by Gasteiger charge is 2.04. The fraction of sp³-hybridized carbons (Fsp3) is 0.280. The molecule has 3 rings (SSSR count). The summed E-state index contributed by atoms with van der Waals surface area (Å²) in [6, 6.07) is 22.5. The Balaban J connectivity index is 1.39. The van der Waals surface area contributed by atoms with Gasteiger partial charge in [0.15, 0.2) is 0 Å². The fourth-order valence-corrected chi connectivity index (χ4v) is 3.27. The minimum absolute atomic E-state index is 0.572. The molecule has 3 aromatic rings. The van der Waals surface area contributed by atoms with Gasteiger partial charge in [-0.15, -0.1) is 0 Å². The molecule has 0 aliphatic rings. The molecule has 29 heavy (non-hydrogen) atoms. The van der Waals surface area contributed by atoms with E-state index in [2.05, 4.69) is 29.6 Å². The SMILES string of the molecule is Cc1cc(OCCNc2cccc(OCCCc3ccccc3)c2)cc(C)c1Cl. The number of ether oxygens (including phenoxy) is 2. The Bertz CT molecular complexity index is 889. The van der Waals surface area contributed by atoms with Crippen LogP contribution in [0.3, 0.4) is 0 Å². The van der Waals surface area contributed by atoms with Gasteiger partial charge in [0.2, 0.25) is 0 Å². The molecule has 1 N–H and O–H groups in total. The average Bonchev–Trinajstić information content (AvgIpc) is 2.73. The van der Waals surface area contributed by atoms with Gasteiger partial charge in [-0.3, -0.25) is 0 Å². The molecule has 0 aliphatic carbocycles. The van der Waals surface area contributed by atoms with E-state index < -0.39 is 0 Å². The summed E-state index contributed by atoms with van der Waals surface area (Å²) >= 11 is 6.20. The van der Waals surface area contributed by atoms with Crippen molar-refractivity contribution in [2.75, 3.05) is 25.1 Å². The summed E-state index contributed by atoms with van der Waals surface area (Å²) in [5.41, 5.74) is 4.44. The van der Waals surface area contributed by atoms with Gasteiger partial charge < -0.3 is 14.8 Å². The van der Waals surface area contributed by atoms with Crippen molar-refractivity contribution >= 4 is 17.3 Å². The molecule has 0 saturated carbocycles. The Morgan fingerprint density at radius 2 is 1.52 bits per heavy atom. The zero-order valence-corrected chi connectivity index (χ0v) is 17.8. The summed E-state index contributed by atoms with van der Waals surface area (Å²) < 4.78 is 11.7. The largest absolute Gasteiger partial charge is 0.494 e. The topological polar surface area (TPSA) is 30.5 Å². The molecule has 0 aliphatic heterocycles. The van der Waals surface area contributed by atoms with E-state index in [1.54, 1.807) is 0 Å². The van der Waals surface area contributed by atoms with Gasteiger partial charge in [-0.2, -0.15) is 0 Å². The Hall–Kier alpha value is -2.65. The number of aryl methyl sites for hydroxylation is 3. The molecular weight excluding hydrogens is 382 g/mol. The third-order valence-corrected chi connectivity index (χ3v) is 5.26. The molecule has 0 heterocycles. The first kappa shape index (κ1) is 21.1. The maximum absolute atomic E-state index is 6.20. The maximum Gasteiger partial charge on any atom is 0.121 e. The fourth-order valence-electron chi connectivity index (χ4n) is 3.16.